The van der Waals surface area contributed by atoms with Gasteiger partial charge in [0.15, 0.2) is 0 Å². The minimum absolute atomic E-state index is 0.201. The van der Waals surface area contributed by atoms with Gasteiger partial charge in [-0.15, -0.1) is 0 Å². The molecule has 1 saturated heterocycles. The molecule has 0 aromatic heterocycles. The lowest BCUT2D eigenvalue weighted by Gasteiger charge is -2.32. The van der Waals surface area contributed by atoms with E-state index in [-0.39, 0.29) is 12.2 Å². The second kappa shape index (κ2) is 7.02. The molecule has 2 rings (SSSR count). The van der Waals surface area contributed by atoms with Gasteiger partial charge in [0.25, 0.3) is 0 Å². The Labute approximate surface area is 117 Å². The average Bonchev–Trinajstić information content (AvgIpc) is 3.15. The van der Waals surface area contributed by atoms with E-state index in [9.17, 15) is 10.2 Å². The van der Waals surface area contributed by atoms with Gasteiger partial charge in [0, 0.05) is 19.6 Å². The highest BCUT2D eigenvalue weighted by atomic mass is 16.3. The molecule has 1 heterocycles. The summed E-state index contributed by atoms with van der Waals surface area (Å²) in [7, 11) is 1.99. The second-order valence-electron chi connectivity index (χ2n) is 6.76. The molecule has 0 aromatic rings. The van der Waals surface area contributed by atoms with Crippen LogP contribution in [0.3, 0.4) is 0 Å². The molecule has 1 aliphatic heterocycles. The molecular formula is C15H30N2O2. The quantitative estimate of drug-likeness (QED) is 0.718. The summed E-state index contributed by atoms with van der Waals surface area (Å²) in [5.41, 5.74) is 0. The smallest absolute Gasteiger partial charge is 0.0793 e. The third-order valence-electron chi connectivity index (χ3n) is 4.53. The van der Waals surface area contributed by atoms with E-state index in [1.807, 2.05) is 7.05 Å². The fraction of sp³-hybridized carbons (Fsp3) is 1.00. The third kappa shape index (κ3) is 5.38. The average molecular weight is 270 g/mol. The summed E-state index contributed by atoms with van der Waals surface area (Å²) in [5, 5.41) is 20.0. The van der Waals surface area contributed by atoms with Crippen LogP contribution in [0.5, 0.6) is 0 Å². The van der Waals surface area contributed by atoms with Crippen molar-refractivity contribution in [2.24, 2.45) is 11.8 Å². The summed E-state index contributed by atoms with van der Waals surface area (Å²) in [4.78, 5) is 4.44. The van der Waals surface area contributed by atoms with Crippen LogP contribution in [-0.4, -0.2) is 72.0 Å². The molecule has 0 bridgehead atoms. The number of hydrogen-bond acceptors (Lipinski definition) is 4. The van der Waals surface area contributed by atoms with Crippen LogP contribution in [0.15, 0.2) is 0 Å². The van der Waals surface area contributed by atoms with Crippen molar-refractivity contribution in [2.45, 2.75) is 44.8 Å². The van der Waals surface area contributed by atoms with Gasteiger partial charge in [0.2, 0.25) is 0 Å². The number of hydrogen-bond donors (Lipinski definition) is 2. The van der Waals surface area contributed by atoms with Crippen molar-refractivity contribution < 1.29 is 10.2 Å². The van der Waals surface area contributed by atoms with Crippen LogP contribution in [0.4, 0.5) is 0 Å². The Morgan fingerprint density at radius 1 is 1.11 bits per heavy atom. The fourth-order valence-electron chi connectivity index (χ4n) is 2.98. The van der Waals surface area contributed by atoms with Crippen LogP contribution in [0.1, 0.15) is 32.6 Å². The van der Waals surface area contributed by atoms with Crippen LogP contribution in [-0.2, 0) is 0 Å². The lowest BCUT2D eigenvalue weighted by molar-refractivity contribution is 0.0475. The number of β-amino-alcohol motifs (C(OH)–C–C–N with tert-alkyl or cyclic N) is 1. The molecular weight excluding hydrogens is 240 g/mol. The minimum atomic E-state index is -0.301. The Hall–Kier alpha value is -0.160. The van der Waals surface area contributed by atoms with Gasteiger partial charge in [-0.3, -0.25) is 0 Å². The van der Waals surface area contributed by atoms with Gasteiger partial charge in [-0.2, -0.15) is 0 Å². The van der Waals surface area contributed by atoms with Crippen LogP contribution in [0, 0.1) is 11.8 Å². The third-order valence-corrected chi connectivity index (χ3v) is 4.53. The SMILES string of the molecule is CC1CCN(CC(O)CN(C)CC(O)C2CC2)CC1. The largest absolute Gasteiger partial charge is 0.392 e. The lowest BCUT2D eigenvalue weighted by Crippen LogP contribution is -2.43. The van der Waals surface area contributed by atoms with E-state index in [2.05, 4.69) is 16.7 Å². The van der Waals surface area contributed by atoms with Gasteiger partial charge >= 0.3 is 0 Å². The molecule has 0 aromatic carbocycles. The molecule has 2 fully saturated rings. The van der Waals surface area contributed by atoms with Crippen LogP contribution in [0.2, 0.25) is 0 Å². The number of likely N-dealkylation sites (tertiary alicyclic amines) is 1. The maximum atomic E-state index is 10.1. The predicted octanol–water partition coefficient (Wildman–Crippen LogP) is 0.782. The summed E-state index contributed by atoms with van der Waals surface area (Å²) in [6.07, 6.45) is 4.34. The second-order valence-corrected chi connectivity index (χ2v) is 6.76. The van der Waals surface area contributed by atoms with Crippen molar-refractivity contribution in [1.82, 2.24) is 9.80 Å². The first-order chi connectivity index (χ1) is 9.04. The number of aliphatic hydroxyl groups excluding tert-OH is 2. The number of rotatable bonds is 7. The maximum Gasteiger partial charge on any atom is 0.0793 e. The minimum Gasteiger partial charge on any atom is -0.392 e. The zero-order valence-electron chi connectivity index (χ0n) is 12.5. The number of likely N-dealkylation sites (N-methyl/N-ethyl adjacent to an activating group) is 1. The standard InChI is InChI=1S/C15H30N2O2/c1-12-5-7-17(8-6-12)10-14(18)9-16(2)11-15(19)13-3-4-13/h12-15,18-19H,3-11H2,1-2H3. The highest BCUT2D eigenvalue weighted by Gasteiger charge is 2.30. The molecule has 4 nitrogen and oxygen atoms in total. The normalized spacial score (nSPS) is 25.7. The highest BCUT2D eigenvalue weighted by Crippen LogP contribution is 2.32. The monoisotopic (exact) mass is 270 g/mol. The van der Waals surface area contributed by atoms with E-state index in [4.69, 9.17) is 0 Å². The molecule has 0 spiro atoms. The number of nitrogens with zero attached hydrogens (tertiary/aromatic N) is 2. The first-order valence-electron chi connectivity index (χ1n) is 7.81. The molecule has 2 aliphatic rings. The Morgan fingerprint density at radius 2 is 1.74 bits per heavy atom. The Balaban J connectivity index is 1.61. The van der Waals surface area contributed by atoms with E-state index in [1.165, 1.54) is 25.7 Å². The van der Waals surface area contributed by atoms with Crippen molar-refractivity contribution in [3.05, 3.63) is 0 Å². The molecule has 4 heteroatoms. The summed E-state index contributed by atoms with van der Waals surface area (Å²) in [5.74, 6) is 1.35. The summed E-state index contributed by atoms with van der Waals surface area (Å²) < 4.78 is 0. The van der Waals surface area contributed by atoms with Gasteiger partial charge < -0.3 is 20.0 Å². The van der Waals surface area contributed by atoms with E-state index in [0.717, 1.165) is 25.6 Å². The molecule has 2 atom stereocenters. The van der Waals surface area contributed by atoms with Gasteiger partial charge in [-0.25, -0.2) is 0 Å². The van der Waals surface area contributed by atoms with E-state index < -0.39 is 0 Å². The van der Waals surface area contributed by atoms with Crippen molar-refractivity contribution in [3.8, 4) is 0 Å². The highest BCUT2D eigenvalue weighted by molar-refractivity contribution is 4.83. The molecule has 19 heavy (non-hydrogen) atoms. The van der Waals surface area contributed by atoms with Crippen molar-refractivity contribution in [2.75, 3.05) is 39.8 Å². The van der Waals surface area contributed by atoms with Crippen LogP contribution in [0.25, 0.3) is 0 Å². The van der Waals surface area contributed by atoms with E-state index >= 15 is 0 Å². The van der Waals surface area contributed by atoms with Gasteiger partial charge in [0.1, 0.15) is 0 Å². The fourth-order valence-corrected chi connectivity index (χ4v) is 2.98. The molecule has 0 radical (unpaired) electrons. The molecule has 112 valence electrons. The molecule has 1 aliphatic carbocycles. The first kappa shape index (κ1) is 15.2. The summed E-state index contributed by atoms with van der Waals surface area (Å²) in [6, 6.07) is 0. The Morgan fingerprint density at radius 3 is 2.32 bits per heavy atom. The zero-order valence-corrected chi connectivity index (χ0v) is 12.5. The van der Waals surface area contributed by atoms with E-state index in [1.54, 1.807) is 0 Å². The molecule has 2 N–H and O–H groups in total. The lowest BCUT2D eigenvalue weighted by atomic mass is 9.99. The molecule has 2 unspecified atom stereocenters. The topological polar surface area (TPSA) is 46.9 Å². The zero-order chi connectivity index (χ0) is 13.8. The Kier molecular flexibility index (Phi) is 5.63. The van der Waals surface area contributed by atoms with Gasteiger partial charge in [-0.05, 0) is 57.7 Å². The van der Waals surface area contributed by atoms with Crippen LogP contribution >= 0.6 is 0 Å². The molecule has 1 saturated carbocycles. The molecule has 0 amide bonds. The number of piperidine rings is 1. The predicted molar refractivity (Wildman–Crippen MR) is 77.1 cm³/mol. The van der Waals surface area contributed by atoms with Crippen molar-refractivity contribution in [3.63, 3.8) is 0 Å². The van der Waals surface area contributed by atoms with Gasteiger partial charge in [-0.1, -0.05) is 6.92 Å². The first-order valence-corrected chi connectivity index (χ1v) is 7.81. The Bertz CT molecular complexity index is 263. The van der Waals surface area contributed by atoms with Crippen LogP contribution < -0.4 is 0 Å². The van der Waals surface area contributed by atoms with Gasteiger partial charge in [0.05, 0.1) is 12.2 Å². The van der Waals surface area contributed by atoms with E-state index in [0.29, 0.717) is 19.0 Å². The maximum absolute atomic E-state index is 10.1. The van der Waals surface area contributed by atoms with Crippen molar-refractivity contribution >= 4 is 0 Å². The number of aliphatic hydroxyl groups is 2. The summed E-state index contributed by atoms with van der Waals surface area (Å²) >= 11 is 0. The summed E-state index contributed by atoms with van der Waals surface area (Å²) in [6.45, 7) is 6.67. The van der Waals surface area contributed by atoms with Crippen molar-refractivity contribution in [1.29, 1.82) is 0 Å².